The molecule has 1 fully saturated rings. The number of rotatable bonds is 4. The van der Waals surface area contributed by atoms with Gasteiger partial charge in [0.25, 0.3) is 0 Å². The number of carbonyl (C=O) groups excluding carboxylic acids is 1. The molecule has 0 unspecified atom stereocenters. The molecule has 24 heavy (non-hydrogen) atoms. The first-order chi connectivity index (χ1) is 11.7. The van der Waals surface area contributed by atoms with Gasteiger partial charge in [-0.3, -0.25) is 4.79 Å². The average Bonchev–Trinajstić information content (AvgIpc) is 3.31. The highest BCUT2D eigenvalue weighted by Gasteiger charge is 2.32. The van der Waals surface area contributed by atoms with Gasteiger partial charge in [0.15, 0.2) is 0 Å². The van der Waals surface area contributed by atoms with Gasteiger partial charge in [-0.2, -0.15) is 0 Å². The summed E-state index contributed by atoms with van der Waals surface area (Å²) in [6.07, 6.45) is 5.12. The number of hydrogen-bond donors (Lipinski definition) is 1. The van der Waals surface area contributed by atoms with Crippen molar-refractivity contribution in [1.82, 2.24) is 10.3 Å². The number of hydrogen-bond acceptors (Lipinski definition) is 5. The molecule has 1 saturated heterocycles. The number of nitrogens with zero attached hydrogens (tertiary/aromatic N) is 2. The Morgan fingerprint density at radius 3 is 3.21 bits per heavy atom. The minimum Gasteiger partial charge on any atom is -0.467 e. The number of amides is 1. The summed E-state index contributed by atoms with van der Waals surface area (Å²) < 4.78 is 10.9. The van der Waals surface area contributed by atoms with Gasteiger partial charge in [-0.1, -0.05) is 0 Å². The van der Waals surface area contributed by atoms with Crippen LogP contribution in [0.2, 0.25) is 0 Å². The van der Waals surface area contributed by atoms with Crippen LogP contribution in [0.1, 0.15) is 24.4 Å². The number of pyridine rings is 1. The summed E-state index contributed by atoms with van der Waals surface area (Å²) in [5.74, 6) is 2.42. The molecular weight excluding hydrogens is 306 g/mol. The molecule has 3 aromatic rings. The van der Waals surface area contributed by atoms with Gasteiger partial charge in [-0.15, -0.1) is 0 Å². The Morgan fingerprint density at radius 1 is 1.46 bits per heavy atom. The van der Waals surface area contributed by atoms with Gasteiger partial charge in [-0.25, -0.2) is 4.98 Å². The van der Waals surface area contributed by atoms with Crippen LogP contribution < -0.4 is 10.2 Å². The van der Waals surface area contributed by atoms with E-state index in [-0.39, 0.29) is 11.9 Å². The zero-order valence-corrected chi connectivity index (χ0v) is 13.5. The van der Waals surface area contributed by atoms with Crippen LogP contribution in [-0.4, -0.2) is 23.5 Å². The molecule has 0 spiro atoms. The Balaban J connectivity index is 1.56. The third-order valence-electron chi connectivity index (χ3n) is 4.39. The van der Waals surface area contributed by atoms with Gasteiger partial charge in [0.2, 0.25) is 5.91 Å². The quantitative estimate of drug-likeness (QED) is 0.798. The molecule has 0 aromatic carbocycles. The second kappa shape index (κ2) is 6.03. The van der Waals surface area contributed by atoms with Gasteiger partial charge in [-0.05, 0) is 44.0 Å². The fourth-order valence-corrected chi connectivity index (χ4v) is 3.30. The molecule has 1 aliphatic heterocycles. The van der Waals surface area contributed by atoms with E-state index < -0.39 is 0 Å². The number of carbonyl (C=O) groups is 1. The van der Waals surface area contributed by atoms with Gasteiger partial charge in [0.05, 0.1) is 18.2 Å². The Hall–Kier alpha value is -2.76. The summed E-state index contributed by atoms with van der Waals surface area (Å²) in [5, 5.41) is 3.91. The molecule has 0 bridgehead atoms. The molecule has 0 radical (unpaired) electrons. The second-order valence-electron chi connectivity index (χ2n) is 6.05. The van der Waals surface area contributed by atoms with Crippen LogP contribution in [-0.2, 0) is 11.3 Å². The Morgan fingerprint density at radius 2 is 2.38 bits per heavy atom. The monoisotopic (exact) mass is 325 g/mol. The Bertz CT molecular complexity index is 854. The van der Waals surface area contributed by atoms with Gasteiger partial charge in [0, 0.05) is 12.7 Å². The molecule has 1 atom stereocenters. The minimum atomic E-state index is -0.215. The van der Waals surface area contributed by atoms with Gasteiger partial charge in [0.1, 0.15) is 29.0 Å². The SMILES string of the molecule is Cc1cc2c(N3CCC[C@H]3C(=O)NCc3ccco3)nccc2o1. The topological polar surface area (TPSA) is 71.5 Å². The third kappa shape index (κ3) is 2.64. The maximum absolute atomic E-state index is 12.6. The van der Waals surface area contributed by atoms with Crippen molar-refractivity contribution < 1.29 is 13.6 Å². The summed E-state index contributed by atoms with van der Waals surface area (Å²) in [7, 11) is 0. The summed E-state index contributed by atoms with van der Waals surface area (Å²) in [6, 6.07) is 7.29. The lowest BCUT2D eigenvalue weighted by Crippen LogP contribution is -2.43. The van der Waals surface area contributed by atoms with Crippen LogP contribution >= 0.6 is 0 Å². The molecular formula is C18H19N3O3. The van der Waals surface area contributed by atoms with Crippen LogP contribution in [0.15, 0.2) is 45.6 Å². The molecule has 4 heterocycles. The van der Waals surface area contributed by atoms with Crippen LogP contribution in [0.25, 0.3) is 11.0 Å². The van der Waals surface area contributed by atoms with E-state index in [1.54, 1.807) is 12.5 Å². The highest BCUT2D eigenvalue weighted by atomic mass is 16.3. The van der Waals surface area contributed by atoms with E-state index in [1.807, 2.05) is 31.2 Å². The standard InChI is InChI=1S/C18H19N3O3/c1-12-10-14-16(24-12)6-7-19-17(14)21-8-2-5-15(21)18(22)20-11-13-4-3-9-23-13/h3-4,6-7,9-10,15H,2,5,8,11H2,1H3,(H,20,22)/t15-/m0/s1. The minimum absolute atomic E-state index is 0.00270. The first-order valence-corrected chi connectivity index (χ1v) is 8.14. The molecule has 1 aliphatic rings. The Kier molecular flexibility index (Phi) is 3.72. The molecule has 1 amide bonds. The zero-order valence-electron chi connectivity index (χ0n) is 13.5. The number of aryl methyl sites for hydroxylation is 1. The normalized spacial score (nSPS) is 17.5. The molecule has 4 rings (SSSR count). The largest absolute Gasteiger partial charge is 0.467 e. The van der Waals surface area contributed by atoms with Crippen molar-refractivity contribution in [3.8, 4) is 0 Å². The smallest absolute Gasteiger partial charge is 0.243 e. The summed E-state index contributed by atoms with van der Waals surface area (Å²) in [6.45, 7) is 3.13. The fraction of sp³-hybridized carbons (Fsp3) is 0.333. The maximum Gasteiger partial charge on any atom is 0.243 e. The lowest BCUT2D eigenvalue weighted by atomic mass is 10.2. The highest BCUT2D eigenvalue weighted by molar-refractivity contribution is 5.93. The molecule has 6 nitrogen and oxygen atoms in total. The lowest BCUT2D eigenvalue weighted by molar-refractivity contribution is -0.122. The van der Waals surface area contributed by atoms with Gasteiger partial charge >= 0.3 is 0 Å². The predicted molar refractivity (Wildman–Crippen MR) is 89.7 cm³/mol. The van der Waals surface area contributed by atoms with Crippen molar-refractivity contribution in [3.05, 3.63) is 48.2 Å². The number of anilines is 1. The first kappa shape index (κ1) is 14.8. The zero-order chi connectivity index (χ0) is 16.5. The summed E-state index contributed by atoms with van der Waals surface area (Å²) in [4.78, 5) is 19.2. The number of aromatic nitrogens is 1. The summed E-state index contributed by atoms with van der Waals surface area (Å²) in [5.41, 5.74) is 0.805. The van der Waals surface area contributed by atoms with E-state index in [9.17, 15) is 4.79 Å². The van der Waals surface area contributed by atoms with E-state index in [0.29, 0.717) is 6.54 Å². The second-order valence-corrected chi connectivity index (χ2v) is 6.05. The molecule has 1 N–H and O–H groups in total. The Labute approximate surface area is 139 Å². The fourth-order valence-electron chi connectivity index (χ4n) is 3.30. The van der Waals surface area contributed by atoms with E-state index in [1.165, 1.54) is 0 Å². The van der Waals surface area contributed by atoms with Crippen molar-refractivity contribution in [2.24, 2.45) is 0 Å². The lowest BCUT2D eigenvalue weighted by Gasteiger charge is -2.25. The molecule has 0 saturated carbocycles. The molecule has 124 valence electrons. The van der Waals surface area contributed by atoms with E-state index in [0.717, 1.165) is 47.7 Å². The average molecular weight is 325 g/mol. The van der Waals surface area contributed by atoms with Crippen LogP contribution in [0, 0.1) is 6.92 Å². The number of furan rings is 2. The van der Waals surface area contributed by atoms with Crippen LogP contribution in [0.4, 0.5) is 5.82 Å². The van der Waals surface area contributed by atoms with Crippen LogP contribution in [0.3, 0.4) is 0 Å². The van der Waals surface area contributed by atoms with E-state index in [2.05, 4.69) is 15.2 Å². The van der Waals surface area contributed by atoms with Crippen molar-refractivity contribution in [1.29, 1.82) is 0 Å². The van der Waals surface area contributed by atoms with Crippen molar-refractivity contribution in [2.45, 2.75) is 32.4 Å². The predicted octanol–water partition coefficient (Wildman–Crippen LogP) is 3.01. The number of fused-ring (bicyclic) bond motifs is 1. The first-order valence-electron chi connectivity index (χ1n) is 8.14. The maximum atomic E-state index is 12.6. The van der Waals surface area contributed by atoms with Crippen LogP contribution in [0.5, 0.6) is 0 Å². The van der Waals surface area contributed by atoms with E-state index in [4.69, 9.17) is 8.83 Å². The van der Waals surface area contributed by atoms with Crippen molar-refractivity contribution >= 4 is 22.7 Å². The van der Waals surface area contributed by atoms with E-state index >= 15 is 0 Å². The summed E-state index contributed by atoms with van der Waals surface area (Å²) >= 11 is 0. The molecule has 0 aliphatic carbocycles. The third-order valence-corrected chi connectivity index (χ3v) is 4.39. The van der Waals surface area contributed by atoms with Crippen molar-refractivity contribution in [3.63, 3.8) is 0 Å². The highest BCUT2D eigenvalue weighted by Crippen LogP contribution is 2.32. The number of nitrogens with one attached hydrogen (secondary N) is 1. The van der Waals surface area contributed by atoms with Gasteiger partial charge < -0.3 is 19.1 Å². The molecule has 6 heteroatoms. The van der Waals surface area contributed by atoms with Crippen molar-refractivity contribution in [2.75, 3.05) is 11.4 Å². The molecule has 3 aromatic heterocycles.